The summed E-state index contributed by atoms with van der Waals surface area (Å²) in [7, 11) is 0. The lowest BCUT2D eigenvalue weighted by molar-refractivity contribution is -0.385. The summed E-state index contributed by atoms with van der Waals surface area (Å²) in [6, 6.07) is 8.48. The number of carbonyl (C=O) groups is 1. The number of rotatable bonds is 4. The molecule has 2 aromatic rings. The molecule has 0 saturated heterocycles. The second-order valence-electron chi connectivity index (χ2n) is 4.91. The number of fused-ring (bicyclic) bond motifs is 1. The summed E-state index contributed by atoms with van der Waals surface area (Å²) in [5.74, 6) is 0.729. The van der Waals surface area contributed by atoms with Gasteiger partial charge >= 0.3 is 0 Å². The molecule has 0 spiro atoms. The summed E-state index contributed by atoms with van der Waals surface area (Å²) in [5.41, 5.74) is 1.40. The minimum atomic E-state index is -0.393. The quantitative estimate of drug-likeness (QED) is 0.639. The van der Waals surface area contributed by atoms with Crippen LogP contribution in [-0.2, 0) is 17.6 Å². The van der Waals surface area contributed by atoms with Crippen molar-refractivity contribution in [1.29, 1.82) is 0 Å². The van der Waals surface area contributed by atoms with Crippen molar-refractivity contribution in [1.82, 2.24) is 0 Å². The Hall–Kier alpha value is -2.63. The third-order valence-corrected chi connectivity index (χ3v) is 3.67. The second-order valence-corrected chi connectivity index (χ2v) is 4.91. The predicted molar refractivity (Wildman–Crippen MR) is 76.2 cm³/mol. The number of hydrogen-bond acceptors (Lipinski definition) is 4. The second kappa shape index (κ2) is 5.40. The van der Waals surface area contributed by atoms with Crippen molar-refractivity contribution < 1.29 is 14.1 Å². The summed E-state index contributed by atoms with van der Waals surface area (Å²) in [4.78, 5) is 24.5. The van der Waals surface area contributed by atoms with Gasteiger partial charge in [-0.2, -0.15) is 0 Å². The van der Waals surface area contributed by atoms with Gasteiger partial charge in [0.25, 0.3) is 5.69 Å². The molecule has 0 saturated carbocycles. The van der Waals surface area contributed by atoms with E-state index in [1.807, 2.05) is 6.07 Å². The molecule has 0 N–H and O–H groups in total. The molecule has 0 radical (unpaired) electrons. The number of nitro groups is 1. The topological polar surface area (TPSA) is 76.6 Å². The summed E-state index contributed by atoms with van der Waals surface area (Å²) in [6.07, 6.45) is 2.97. The number of hydrogen-bond donors (Lipinski definition) is 0. The summed E-state index contributed by atoms with van der Waals surface area (Å²) in [6.45, 7) is 0.497. The highest BCUT2D eigenvalue weighted by molar-refractivity contribution is 5.96. The van der Waals surface area contributed by atoms with Crippen molar-refractivity contribution >= 4 is 17.3 Å². The third kappa shape index (κ3) is 2.52. The molecule has 1 aromatic heterocycles. The van der Waals surface area contributed by atoms with E-state index in [2.05, 4.69) is 0 Å². The van der Waals surface area contributed by atoms with Crippen molar-refractivity contribution in [2.75, 3.05) is 11.4 Å². The van der Waals surface area contributed by atoms with Crippen LogP contribution >= 0.6 is 0 Å². The first-order valence-electron chi connectivity index (χ1n) is 6.76. The normalized spacial score (nSPS) is 13.2. The van der Waals surface area contributed by atoms with Gasteiger partial charge in [-0.05, 0) is 24.6 Å². The number of aryl methyl sites for hydroxylation is 1. The number of carbonyl (C=O) groups excluding carboxylic acids is 1. The average molecular weight is 286 g/mol. The van der Waals surface area contributed by atoms with Crippen molar-refractivity contribution in [3.05, 3.63) is 58.0 Å². The summed E-state index contributed by atoms with van der Waals surface area (Å²) in [5, 5.41) is 11.0. The molecule has 0 atom stereocenters. The molecule has 1 aliphatic rings. The molecule has 2 heterocycles. The van der Waals surface area contributed by atoms with Crippen molar-refractivity contribution in [2.24, 2.45) is 0 Å². The molecular weight excluding hydrogens is 272 g/mol. The van der Waals surface area contributed by atoms with E-state index in [1.165, 1.54) is 6.07 Å². The lowest BCUT2D eigenvalue weighted by Gasteiger charge is -2.16. The van der Waals surface area contributed by atoms with Gasteiger partial charge < -0.3 is 9.32 Å². The molecule has 108 valence electrons. The maximum Gasteiger partial charge on any atom is 0.274 e. The zero-order valence-corrected chi connectivity index (χ0v) is 11.3. The largest absolute Gasteiger partial charge is 0.469 e. The molecule has 1 aliphatic heterocycles. The lowest BCUT2D eigenvalue weighted by Crippen LogP contribution is -2.28. The average Bonchev–Trinajstić information content (AvgIpc) is 3.13. The standard InChI is InChI=1S/C15H14N2O4/c18-15(7-6-11-3-2-10-21-11)16-9-8-12-13(16)4-1-5-14(12)17(19)20/h1-5,10H,6-9H2. The summed E-state index contributed by atoms with van der Waals surface area (Å²) >= 11 is 0. The van der Waals surface area contributed by atoms with Gasteiger partial charge in [0, 0.05) is 25.5 Å². The van der Waals surface area contributed by atoms with E-state index in [1.54, 1.807) is 29.4 Å². The lowest BCUT2D eigenvalue weighted by atomic mass is 10.1. The first kappa shape index (κ1) is 13.4. The molecule has 3 rings (SSSR count). The maximum absolute atomic E-state index is 12.3. The van der Waals surface area contributed by atoms with Crippen LogP contribution in [0.1, 0.15) is 17.7 Å². The fraction of sp³-hybridized carbons (Fsp3) is 0.267. The number of nitrogens with zero attached hydrogens (tertiary/aromatic N) is 2. The molecule has 0 unspecified atom stereocenters. The van der Waals surface area contributed by atoms with Crippen LogP contribution in [0.15, 0.2) is 41.0 Å². The van der Waals surface area contributed by atoms with Crippen LogP contribution in [0.2, 0.25) is 0 Å². The monoisotopic (exact) mass is 286 g/mol. The SMILES string of the molecule is O=C(CCc1ccco1)N1CCc2c1cccc2[N+](=O)[O-]. The van der Waals surface area contributed by atoms with E-state index >= 15 is 0 Å². The first-order valence-corrected chi connectivity index (χ1v) is 6.76. The fourth-order valence-electron chi connectivity index (χ4n) is 2.67. The maximum atomic E-state index is 12.3. The van der Waals surface area contributed by atoms with Gasteiger partial charge in [-0.1, -0.05) is 6.07 Å². The van der Waals surface area contributed by atoms with Crippen molar-refractivity contribution in [3.8, 4) is 0 Å². The van der Waals surface area contributed by atoms with Crippen LogP contribution in [0.25, 0.3) is 0 Å². The molecule has 0 fully saturated rings. The molecule has 6 nitrogen and oxygen atoms in total. The van der Waals surface area contributed by atoms with Gasteiger partial charge in [-0.25, -0.2) is 0 Å². The van der Waals surface area contributed by atoms with E-state index in [-0.39, 0.29) is 11.6 Å². The molecular formula is C15H14N2O4. The first-order chi connectivity index (χ1) is 10.2. The van der Waals surface area contributed by atoms with Crippen LogP contribution in [-0.4, -0.2) is 17.4 Å². The molecule has 21 heavy (non-hydrogen) atoms. The van der Waals surface area contributed by atoms with Gasteiger partial charge in [0.2, 0.25) is 5.91 Å². The van der Waals surface area contributed by atoms with Crippen LogP contribution in [0, 0.1) is 10.1 Å². The van der Waals surface area contributed by atoms with Crippen LogP contribution < -0.4 is 4.90 Å². The highest BCUT2D eigenvalue weighted by Crippen LogP contribution is 2.35. The minimum absolute atomic E-state index is 0.0364. The summed E-state index contributed by atoms with van der Waals surface area (Å²) < 4.78 is 5.21. The number of furan rings is 1. The predicted octanol–water partition coefficient (Wildman–Crippen LogP) is 2.71. The Morgan fingerprint density at radius 3 is 2.90 bits per heavy atom. The number of nitro benzene ring substituents is 1. The van der Waals surface area contributed by atoms with Gasteiger partial charge in [0.15, 0.2) is 0 Å². The molecule has 1 amide bonds. The minimum Gasteiger partial charge on any atom is -0.469 e. The van der Waals surface area contributed by atoms with Crippen LogP contribution in [0.4, 0.5) is 11.4 Å². The third-order valence-electron chi connectivity index (χ3n) is 3.67. The van der Waals surface area contributed by atoms with E-state index in [9.17, 15) is 14.9 Å². The van der Waals surface area contributed by atoms with E-state index in [4.69, 9.17) is 4.42 Å². The molecule has 1 aromatic carbocycles. The van der Waals surface area contributed by atoms with Gasteiger partial charge in [0.1, 0.15) is 5.76 Å². The highest BCUT2D eigenvalue weighted by atomic mass is 16.6. The van der Waals surface area contributed by atoms with Crippen molar-refractivity contribution in [2.45, 2.75) is 19.3 Å². The zero-order valence-electron chi connectivity index (χ0n) is 11.3. The number of benzene rings is 1. The molecule has 6 heteroatoms. The smallest absolute Gasteiger partial charge is 0.274 e. The van der Waals surface area contributed by atoms with Gasteiger partial charge in [-0.3, -0.25) is 14.9 Å². The van der Waals surface area contributed by atoms with Crippen LogP contribution in [0.3, 0.4) is 0 Å². The van der Waals surface area contributed by atoms with E-state index in [0.717, 1.165) is 5.76 Å². The Labute approximate surface area is 121 Å². The Bertz CT molecular complexity index is 679. The fourth-order valence-corrected chi connectivity index (χ4v) is 2.67. The van der Waals surface area contributed by atoms with Crippen molar-refractivity contribution in [3.63, 3.8) is 0 Å². The van der Waals surface area contributed by atoms with Gasteiger partial charge in [0.05, 0.1) is 22.4 Å². The zero-order chi connectivity index (χ0) is 14.8. The Kier molecular flexibility index (Phi) is 3.43. The number of anilines is 1. The van der Waals surface area contributed by atoms with E-state index in [0.29, 0.717) is 37.1 Å². The molecule has 0 aliphatic carbocycles. The molecule has 0 bridgehead atoms. The highest BCUT2D eigenvalue weighted by Gasteiger charge is 2.29. The van der Waals surface area contributed by atoms with Crippen LogP contribution in [0.5, 0.6) is 0 Å². The van der Waals surface area contributed by atoms with E-state index < -0.39 is 4.92 Å². The number of amides is 1. The Morgan fingerprint density at radius 1 is 1.33 bits per heavy atom. The van der Waals surface area contributed by atoms with Gasteiger partial charge in [-0.15, -0.1) is 0 Å². The Balaban J connectivity index is 1.76. The Morgan fingerprint density at radius 2 is 2.19 bits per heavy atom.